The number of nitrogens with one attached hydrogen (secondary N) is 1. The van der Waals surface area contributed by atoms with Crippen LogP contribution in [0.25, 0.3) is 0 Å². The largest absolute Gasteiger partial charge is 0.497 e. The van der Waals surface area contributed by atoms with Gasteiger partial charge < -0.3 is 19.7 Å². The van der Waals surface area contributed by atoms with Gasteiger partial charge in [-0.25, -0.2) is 0 Å². The summed E-state index contributed by atoms with van der Waals surface area (Å²) in [5, 5.41) is 3.43. The summed E-state index contributed by atoms with van der Waals surface area (Å²) in [6, 6.07) is 18.9. The van der Waals surface area contributed by atoms with Gasteiger partial charge in [-0.15, -0.1) is 0 Å². The number of pyridine rings is 1. The third kappa shape index (κ3) is 3.24. The van der Waals surface area contributed by atoms with Crippen LogP contribution in [-0.2, 0) is 6.54 Å². The van der Waals surface area contributed by atoms with Crippen molar-refractivity contribution in [1.82, 2.24) is 9.88 Å². The van der Waals surface area contributed by atoms with Crippen LogP contribution in [0, 0.1) is 0 Å². The smallest absolute Gasteiger partial charge is 0.258 e. The lowest BCUT2D eigenvalue weighted by atomic mass is 10.2. The molecule has 0 unspecified atom stereocenters. The molecule has 6 heteroatoms. The van der Waals surface area contributed by atoms with Gasteiger partial charge in [-0.1, -0.05) is 24.3 Å². The second kappa shape index (κ2) is 7.60. The molecule has 2 aromatic carbocycles. The summed E-state index contributed by atoms with van der Waals surface area (Å²) >= 11 is 0. The monoisotopic (exact) mass is 375 g/mol. The molecular weight excluding hydrogens is 354 g/mol. The van der Waals surface area contributed by atoms with E-state index in [1.807, 2.05) is 54.6 Å². The SMILES string of the molecule is COc1ccc(CN2C(=O)c3cccnc3[C@H]2Nc2ccccc2OC)cc1. The third-order valence-electron chi connectivity index (χ3n) is 4.81. The Morgan fingerprint density at radius 2 is 1.79 bits per heavy atom. The number of methoxy groups -OCH3 is 2. The molecule has 1 N–H and O–H groups in total. The predicted molar refractivity (Wildman–Crippen MR) is 106 cm³/mol. The Kier molecular flexibility index (Phi) is 4.85. The third-order valence-corrected chi connectivity index (χ3v) is 4.81. The Morgan fingerprint density at radius 1 is 1.00 bits per heavy atom. The van der Waals surface area contributed by atoms with Crippen molar-refractivity contribution in [1.29, 1.82) is 0 Å². The Balaban J connectivity index is 1.68. The molecule has 6 nitrogen and oxygen atoms in total. The quantitative estimate of drug-likeness (QED) is 0.709. The van der Waals surface area contributed by atoms with E-state index in [1.165, 1.54) is 0 Å². The van der Waals surface area contributed by atoms with Crippen molar-refractivity contribution in [3.63, 3.8) is 0 Å². The molecular formula is C22H21N3O3. The predicted octanol–water partition coefficient (Wildman–Crippen LogP) is 3.87. The summed E-state index contributed by atoms with van der Waals surface area (Å²) in [7, 11) is 3.26. The second-order valence-corrected chi connectivity index (χ2v) is 6.46. The van der Waals surface area contributed by atoms with Crippen molar-refractivity contribution in [2.45, 2.75) is 12.7 Å². The fraction of sp³-hybridized carbons (Fsp3) is 0.182. The minimum absolute atomic E-state index is 0.0497. The van der Waals surface area contributed by atoms with Crippen molar-refractivity contribution in [3.8, 4) is 11.5 Å². The molecule has 0 radical (unpaired) electrons. The fourth-order valence-electron chi connectivity index (χ4n) is 3.38. The molecule has 1 atom stereocenters. The maximum absolute atomic E-state index is 13.1. The molecule has 1 aromatic heterocycles. The van der Waals surface area contributed by atoms with E-state index in [0.717, 1.165) is 17.0 Å². The molecule has 142 valence electrons. The highest BCUT2D eigenvalue weighted by atomic mass is 16.5. The molecule has 3 aromatic rings. The molecule has 1 aliphatic heterocycles. The summed E-state index contributed by atoms with van der Waals surface area (Å²) in [5.74, 6) is 1.44. The van der Waals surface area contributed by atoms with Gasteiger partial charge in [-0.05, 0) is 42.0 Å². The van der Waals surface area contributed by atoms with Gasteiger partial charge in [0.05, 0.1) is 31.2 Å². The molecule has 1 aliphatic rings. The highest BCUT2D eigenvalue weighted by Gasteiger charge is 2.38. The van der Waals surface area contributed by atoms with Crippen LogP contribution < -0.4 is 14.8 Å². The van der Waals surface area contributed by atoms with Crippen LogP contribution >= 0.6 is 0 Å². The molecule has 0 fully saturated rings. The van der Waals surface area contributed by atoms with Gasteiger partial charge in [-0.2, -0.15) is 0 Å². The number of aromatic nitrogens is 1. The lowest BCUT2D eigenvalue weighted by Gasteiger charge is -2.27. The van der Waals surface area contributed by atoms with Crippen molar-refractivity contribution in [3.05, 3.63) is 83.7 Å². The number of ether oxygens (including phenoxy) is 2. The topological polar surface area (TPSA) is 63.7 Å². The number of anilines is 1. The zero-order valence-corrected chi connectivity index (χ0v) is 15.8. The summed E-state index contributed by atoms with van der Waals surface area (Å²) < 4.78 is 10.7. The first-order valence-electron chi connectivity index (χ1n) is 8.99. The number of benzene rings is 2. The fourth-order valence-corrected chi connectivity index (χ4v) is 3.38. The lowest BCUT2D eigenvalue weighted by Crippen LogP contribution is -2.32. The number of rotatable bonds is 6. The zero-order valence-electron chi connectivity index (χ0n) is 15.8. The van der Waals surface area contributed by atoms with Gasteiger partial charge in [-0.3, -0.25) is 9.78 Å². The van der Waals surface area contributed by atoms with Gasteiger partial charge in [0.1, 0.15) is 17.7 Å². The maximum Gasteiger partial charge on any atom is 0.258 e. The van der Waals surface area contributed by atoms with Crippen molar-refractivity contribution >= 4 is 11.6 Å². The van der Waals surface area contributed by atoms with E-state index in [0.29, 0.717) is 23.6 Å². The minimum Gasteiger partial charge on any atom is -0.497 e. The van der Waals surface area contributed by atoms with Gasteiger partial charge in [0, 0.05) is 12.7 Å². The maximum atomic E-state index is 13.1. The van der Waals surface area contributed by atoms with Crippen molar-refractivity contribution < 1.29 is 14.3 Å². The summed E-state index contributed by atoms with van der Waals surface area (Å²) in [5.41, 5.74) is 3.14. The normalized spacial score (nSPS) is 15.3. The average Bonchev–Trinajstić information content (AvgIpc) is 3.01. The van der Waals surface area contributed by atoms with Gasteiger partial charge in [0.2, 0.25) is 0 Å². The molecule has 0 aliphatic carbocycles. The number of nitrogens with zero attached hydrogens (tertiary/aromatic N) is 2. The zero-order chi connectivity index (χ0) is 19.5. The molecule has 0 saturated carbocycles. The Hall–Kier alpha value is -3.54. The van der Waals surface area contributed by atoms with E-state index in [9.17, 15) is 4.79 Å². The Morgan fingerprint density at radius 3 is 2.54 bits per heavy atom. The standard InChI is InChI=1S/C22H21N3O3/c1-27-16-11-9-15(10-12-16)14-25-21(20-17(22(25)26)6-5-13-23-20)24-18-7-3-4-8-19(18)28-2/h3-13,21,24H,14H2,1-2H3/t21-/m0/s1. The Labute approximate surface area is 163 Å². The van der Waals surface area contributed by atoms with Crippen LogP contribution in [0.3, 0.4) is 0 Å². The van der Waals surface area contributed by atoms with Gasteiger partial charge in [0.25, 0.3) is 5.91 Å². The highest BCUT2D eigenvalue weighted by molar-refractivity contribution is 5.99. The van der Waals surface area contributed by atoms with Crippen LogP contribution in [0.15, 0.2) is 66.9 Å². The second-order valence-electron chi connectivity index (χ2n) is 6.46. The van der Waals surface area contributed by atoms with E-state index in [4.69, 9.17) is 9.47 Å². The number of fused-ring (bicyclic) bond motifs is 1. The first kappa shape index (κ1) is 17.9. The van der Waals surface area contributed by atoms with Gasteiger partial charge >= 0.3 is 0 Å². The van der Waals surface area contributed by atoms with E-state index in [-0.39, 0.29) is 12.1 Å². The average molecular weight is 375 g/mol. The number of para-hydroxylation sites is 2. The van der Waals surface area contributed by atoms with E-state index < -0.39 is 0 Å². The summed E-state index contributed by atoms with van der Waals surface area (Å²) in [6.45, 7) is 0.450. The number of amides is 1. The first-order chi connectivity index (χ1) is 13.7. The molecule has 0 saturated heterocycles. The Bertz CT molecular complexity index is 988. The molecule has 2 heterocycles. The molecule has 28 heavy (non-hydrogen) atoms. The molecule has 0 bridgehead atoms. The van der Waals surface area contributed by atoms with Crippen molar-refractivity contribution in [2.24, 2.45) is 0 Å². The minimum atomic E-state index is -0.387. The van der Waals surface area contributed by atoms with Crippen LogP contribution in [-0.4, -0.2) is 30.0 Å². The summed E-state index contributed by atoms with van der Waals surface area (Å²) in [6.07, 6.45) is 1.32. The van der Waals surface area contributed by atoms with E-state index >= 15 is 0 Å². The van der Waals surface area contributed by atoms with Crippen LogP contribution in [0.2, 0.25) is 0 Å². The van der Waals surface area contributed by atoms with Gasteiger partial charge in [0.15, 0.2) is 0 Å². The van der Waals surface area contributed by atoms with E-state index in [1.54, 1.807) is 31.4 Å². The van der Waals surface area contributed by atoms with E-state index in [2.05, 4.69) is 10.3 Å². The first-order valence-corrected chi connectivity index (χ1v) is 8.99. The van der Waals surface area contributed by atoms with Crippen LogP contribution in [0.4, 0.5) is 5.69 Å². The number of carbonyl (C=O) groups excluding carboxylic acids is 1. The molecule has 0 spiro atoms. The van der Waals surface area contributed by atoms with Crippen LogP contribution in [0.1, 0.15) is 27.8 Å². The molecule has 4 rings (SSSR count). The number of hydrogen-bond donors (Lipinski definition) is 1. The number of hydrogen-bond acceptors (Lipinski definition) is 5. The molecule has 1 amide bonds. The lowest BCUT2D eigenvalue weighted by molar-refractivity contribution is 0.0727. The number of carbonyl (C=O) groups is 1. The highest BCUT2D eigenvalue weighted by Crippen LogP contribution is 2.36. The van der Waals surface area contributed by atoms with Crippen molar-refractivity contribution in [2.75, 3.05) is 19.5 Å². The van der Waals surface area contributed by atoms with Crippen LogP contribution in [0.5, 0.6) is 11.5 Å². The summed E-state index contributed by atoms with van der Waals surface area (Å²) in [4.78, 5) is 19.3.